The van der Waals surface area contributed by atoms with Gasteiger partial charge in [-0.05, 0) is 31.5 Å². The molecule has 0 aliphatic rings. The summed E-state index contributed by atoms with van der Waals surface area (Å²) in [5.41, 5.74) is 12.7. The molecule has 2 heterocycles. The molecule has 0 unspecified atom stereocenters. The fourth-order valence-corrected chi connectivity index (χ4v) is 2.68. The predicted molar refractivity (Wildman–Crippen MR) is 78.3 cm³/mol. The van der Waals surface area contributed by atoms with Gasteiger partial charge in [0.25, 0.3) is 5.91 Å². The van der Waals surface area contributed by atoms with Crippen molar-refractivity contribution >= 4 is 28.7 Å². The number of amides is 1. The number of nitrogen functional groups attached to an aromatic ring is 1. The third kappa shape index (κ3) is 3.03. The van der Waals surface area contributed by atoms with Crippen LogP contribution in [0.15, 0.2) is 18.3 Å². The Morgan fingerprint density at radius 2 is 2.16 bits per heavy atom. The molecule has 2 rings (SSSR count). The number of aryl methyl sites for hydroxylation is 2. The molecule has 0 aromatic carbocycles. The molecule has 1 amide bonds. The number of hydrogen-bond acceptors (Lipinski definition) is 5. The molecule has 100 valence electrons. The number of pyridine rings is 1. The minimum Gasteiger partial charge on any atom is -0.397 e. The highest BCUT2D eigenvalue weighted by Gasteiger charge is 2.08. The van der Waals surface area contributed by atoms with Gasteiger partial charge in [0.05, 0.1) is 24.0 Å². The van der Waals surface area contributed by atoms with Crippen LogP contribution in [0.2, 0.25) is 0 Å². The standard InChI is InChI=1S/C13H16N4OS/c1-7-3-9(19-8(7)2)5-16-12-4-10(13(15)18)11(14)6-17-12/h3-4,6H,5,14H2,1-2H3,(H2,15,18)(H,16,17). The molecule has 0 aliphatic carbocycles. The summed E-state index contributed by atoms with van der Waals surface area (Å²) in [4.78, 5) is 17.8. The van der Waals surface area contributed by atoms with Crippen LogP contribution in [-0.2, 0) is 6.54 Å². The number of nitrogens with two attached hydrogens (primary N) is 2. The second-order valence-corrected chi connectivity index (χ2v) is 5.67. The van der Waals surface area contributed by atoms with Crippen LogP contribution in [0.3, 0.4) is 0 Å². The van der Waals surface area contributed by atoms with Crippen molar-refractivity contribution in [2.24, 2.45) is 5.73 Å². The van der Waals surface area contributed by atoms with Crippen molar-refractivity contribution in [2.45, 2.75) is 20.4 Å². The van der Waals surface area contributed by atoms with Gasteiger partial charge in [0.2, 0.25) is 0 Å². The van der Waals surface area contributed by atoms with Crippen LogP contribution in [0, 0.1) is 13.8 Å². The molecule has 0 saturated heterocycles. The van der Waals surface area contributed by atoms with Crippen LogP contribution >= 0.6 is 11.3 Å². The van der Waals surface area contributed by atoms with Gasteiger partial charge in [-0.15, -0.1) is 11.3 Å². The second kappa shape index (κ2) is 5.27. The summed E-state index contributed by atoms with van der Waals surface area (Å²) < 4.78 is 0. The fourth-order valence-electron chi connectivity index (χ4n) is 1.69. The monoisotopic (exact) mass is 276 g/mol. The molecule has 0 saturated carbocycles. The largest absolute Gasteiger partial charge is 0.397 e. The summed E-state index contributed by atoms with van der Waals surface area (Å²) in [7, 11) is 0. The molecule has 19 heavy (non-hydrogen) atoms. The van der Waals surface area contributed by atoms with E-state index in [-0.39, 0.29) is 5.56 Å². The molecular formula is C13H16N4OS. The smallest absolute Gasteiger partial charge is 0.250 e. The van der Waals surface area contributed by atoms with Gasteiger partial charge in [0.1, 0.15) is 5.82 Å². The van der Waals surface area contributed by atoms with Crippen molar-refractivity contribution in [1.29, 1.82) is 0 Å². The van der Waals surface area contributed by atoms with Crippen molar-refractivity contribution < 1.29 is 4.79 Å². The number of nitrogens with one attached hydrogen (secondary N) is 1. The number of carbonyl (C=O) groups is 1. The van der Waals surface area contributed by atoms with E-state index in [1.165, 1.54) is 21.5 Å². The van der Waals surface area contributed by atoms with Gasteiger partial charge in [0, 0.05) is 9.75 Å². The molecular weight excluding hydrogens is 260 g/mol. The summed E-state index contributed by atoms with van der Waals surface area (Å²) in [6.07, 6.45) is 1.44. The van der Waals surface area contributed by atoms with E-state index in [0.29, 0.717) is 18.1 Å². The first-order chi connectivity index (χ1) is 8.97. The Hall–Kier alpha value is -2.08. The van der Waals surface area contributed by atoms with E-state index in [2.05, 4.69) is 30.2 Å². The van der Waals surface area contributed by atoms with Crippen molar-refractivity contribution in [3.05, 3.63) is 39.2 Å². The van der Waals surface area contributed by atoms with Crippen LogP contribution in [0.4, 0.5) is 11.5 Å². The molecule has 0 aliphatic heterocycles. The highest BCUT2D eigenvalue weighted by molar-refractivity contribution is 7.12. The lowest BCUT2D eigenvalue weighted by atomic mass is 10.2. The van der Waals surface area contributed by atoms with Crippen molar-refractivity contribution in [1.82, 2.24) is 4.98 Å². The third-order valence-electron chi connectivity index (χ3n) is 2.86. The fraction of sp³-hybridized carbons (Fsp3) is 0.231. The van der Waals surface area contributed by atoms with Gasteiger partial charge in [-0.1, -0.05) is 0 Å². The maximum absolute atomic E-state index is 11.2. The van der Waals surface area contributed by atoms with Gasteiger partial charge in [-0.3, -0.25) is 4.79 Å². The first-order valence-electron chi connectivity index (χ1n) is 5.82. The topological polar surface area (TPSA) is 94.0 Å². The van der Waals surface area contributed by atoms with Gasteiger partial charge < -0.3 is 16.8 Å². The Balaban J connectivity index is 2.11. The van der Waals surface area contributed by atoms with Crippen molar-refractivity contribution in [3.8, 4) is 0 Å². The molecule has 2 aromatic heterocycles. The first kappa shape index (κ1) is 13.4. The third-order valence-corrected chi connectivity index (χ3v) is 4.01. The van der Waals surface area contributed by atoms with E-state index < -0.39 is 5.91 Å². The molecule has 6 heteroatoms. The van der Waals surface area contributed by atoms with Crippen LogP contribution in [-0.4, -0.2) is 10.9 Å². The van der Waals surface area contributed by atoms with Crippen LogP contribution in [0.1, 0.15) is 25.7 Å². The van der Waals surface area contributed by atoms with Gasteiger partial charge in [-0.2, -0.15) is 0 Å². The van der Waals surface area contributed by atoms with Crippen molar-refractivity contribution in [3.63, 3.8) is 0 Å². The lowest BCUT2D eigenvalue weighted by Crippen LogP contribution is -2.14. The van der Waals surface area contributed by atoms with E-state index in [9.17, 15) is 4.79 Å². The van der Waals surface area contributed by atoms with E-state index in [4.69, 9.17) is 11.5 Å². The maximum atomic E-state index is 11.2. The van der Waals surface area contributed by atoms with Crippen LogP contribution in [0.25, 0.3) is 0 Å². The molecule has 5 nitrogen and oxygen atoms in total. The zero-order chi connectivity index (χ0) is 14.0. The maximum Gasteiger partial charge on any atom is 0.250 e. The minimum atomic E-state index is -0.550. The zero-order valence-corrected chi connectivity index (χ0v) is 11.7. The molecule has 2 aromatic rings. The van der Waals surface area contributed by atoms with Gasteiger partial charge >= 0.3 is 0 Å². The molecule has 0 atom stereocenters. The quantitative estimate of drug-likeness (QED) is 0.796. The molecule has 5 N–H and O–H groups in total. The summed E-state index contributed by atoms with van der Waals surface area (Å²) in [5, 5.41) is 3.16. The minimum absolute atomic E-state index is 0.288. The number of primary amides is 1. The summed E-state index contributed by atoms with van der Waals surface area (Å²) in [5.74, 6) is 0.0393. The van der Waals surface area contributed by atoms with Crippen molar-refractivity contribution in [2.75, 3.05) is 11.1 Å². The Kier molecular flexibility index (Phi) is 3.71. The number of rotatable bonds is 4. The second-order valence-electron chi connectivity index (χ2n) is 4.33. The predicted octanol–water partition coefficient (Wildman–Crippen LogP) is 2.05. The number of thiophene rings is 1. The van der Waals surface area contributed by atoms with E-state index >= 15 is 0 Å². The highest BCUT2D eigenvalue weighted by Crippen LogP contribution is 2.22. The summed E-state index contributed by atoms with van der Waals surface area (Å²) >= 11 is 1.74. The van der Waals surface area contributed by atoms with Gasteiger partial charge in [0.15, 0.2) is 0 Å². The van der Waals surface area contributed by atoms with Crippen LogP contribution in [0.5, 0.6) is 0 Å². The van der Waals surface area contributed by atoms with E-state index in [1.54, 1.807) is 17.4 Å². The molecule has 0 fully saturated rings. The number of aromatic nitrogens is 1. The number of anilines is 2. The molecule has 0 radical (unpaired) electrons. The zero-order valence-electron chi connectivity index (χ0n) is 10.9. The Labute approximate surface area is 115 Å². The Morgan fingerprint density at radius 1 is 1.42 bits per heavy atom. The normalized spacial score (nSPS) is 10.4. The van der Waals surface area contributed by atoms with E-state index in [1.807, 2.05) is 0 Å². The summed E-state index contributed by atoms with van der Waals surface area (Å²) in [6.45, 7) is 4.84. The average Bonchev–Trinajstić information content (AvgIpc) is 2.67. The molecule has 0 spiro atoms. The van der Waals surface area contributed by atoms with E-state index in [0.717, 1.165) is 0 Å². The van der Waals surface area contributed by atoms with Gasteiger partial charge in [-0.25, -0.2) is 4.98 Å². The average molecular weight is 276 g/mol. The lowest BCUT2D eigenvalue weighted by Gasteiger charge is -2.07. The first-order valence-corrected chi connectivity index (χ1v) is 6.64. The lowest BCUT2D eigenvalue weighted by molar-refractivity contribution is 0.100. The Morgan fingerprint density at radius 3 is 2.74 bits per heavy atom. The molecule has 0 bridgehead atoms. The SMILES string of the molecule is Cc1cc(CNc2cc(C(N)=O)c(N)cn2)sc1C. The Bertz CT molecular complexity index is 602. The van der Waals surface area contributed by atoms with Crippen LogP contribution < -0.4 is 16.8 Å². The highest BCUT2D eigenvalue weighted by atomic mass is 32.1. The number of carbonyl (C=O) groups excluding carboxylic acids is 1. The number of nitrogens with zero attached hydrogens (tertiary/aromatic N) is 1. The summed E-state index contributed by atoms with van der Waals surface area (Å²) in [6, 6.07) is 3.71. The number of hydrogen-bond donors (Lipinski definition) is 3.